The Bertz CT molecular complexity index is 869. The number of amides is 1. The number of sulfone groups is 1. The molecule has 0 bridgehead atoms. The van der Waals surface area contributed by atoms with Crippen LogP contribution in [-0.4, -0.2) is 63.7 Å². The predicted molar refractivity (Wildman–Crippen MR) is 97.3 cm³/mol. The van der Waals surface area contributed by atoms with Crippen LogP contribution in [0.2, 0.25) is 0 Å². The molecule has 1 amide bonds. The molecule has 2 aromatic heterocycles. The molecule has 1 fully saturated rings. The first kappa shape index (κ1) is 18.8. The van der Waals surface area contributed by atoms with Gasteiger partial charge in [-0.25, -0.2) is 8.42 Å². The molecule has 2 aromatic rings. The summed E-state index contributed by atoms with van der Waals surface area (Å²) in [7, 11) is -3.04. The van der Waals surface area contributed by atoms with Gasteiger partial charge in [0.25, 0.3) is 5.22 Å². The highest BCUT2D eigenvalue weighted by molar-refractivity contribution is 8.00. The molecular weight excluding hydrogens is 376 g/mol. The first-order chi connectivity index (χ1) is 12.4. The van der Waals surface area contributed by atoms with Gasteiger partial charge in [-0.1, -0.05) is 11.8 Å². The molecule has 140 valence electrons. The Labute approximate surface area is 156 Å². The lowest BCUT2D eigenvalue weighted by Crippen LogP contribution is -2.44. The van der Waals surface area contributed by atoms with Crippen molar-refractivity contribution in [3.8, 4) is 11.5 Å². The second kappa shape index (κ2) is 7.75. The first-order valence-electron chi connectivity index (χ1n) is 8.31. The molecule has 2 atom stereocenters. The highest BCUT2D eigenvalue weighted by Gasteiger charge is 2.35. The van der Waals surface area contributed by atoms with Gasteiger partial charge in [-0.05, 0) is 32.4 Å². The lowest BCUT2D eigenvalue weighted by Gasteiger charge is -2.28. The fraction of sp³-hybridized carbons (Fsp3) is 0.500. The minimum Gasteiger partial charge on any atom is -0.411 e. The third-order valence-electron chi connectivity index (χ3n) is 4.21. The van der Waals surface area contributed by atoms with E-state index in [0.29, 0.717) is 29.6 Å². The largest absolute Gasteiger partial charge is 0.411 e. The summed E-state index contributed by atoms with van der Waals surface area (Å²) in [5.74, 6) is 0.395. The Morgan fingerprint density at radius 3 is 2.88 bits per heavy atom. The van der Waals surface area contributed by atoms with E-state index in [4.69, 9.17) is 4.42 Å². The Morgan fingerprint density at radius 1 is 1.46 bits per heavy atom. The standard InChI is InChI=1S/C16H20N4O4S2/c1-3-20(13-6-8-26(22,23)10-13)15(21)11(2)25-16-19-18-14(24-16)12-5-4-7-17-9-12/h4-5,7,9,11,13H,3,6,8,10H2,1-2H3/t11-,13-/m0/s1. The van der Waals surface area contributed by atoms with Crippen molar-refractivity contribution in [3.05, 3.63) is 24.5 Å². The van der Waals surface area contributed by atoms with E-state index in [1.807, 2.05) is 13.0 Å². The van der Waals surface area contributed by atoms with Gasteiger partial charge in [-0.3, -0.25) is 9.78 Å². The van der Waals surface area contributed by atoms with E-state index in [9.17, 15) is 13.2 Å². The number of aromatic nitrogens is 3. The molecule has 1 aliphatic heterocycles. The van der Waals surface area contributed by atoms with Gasteiger partial charge >= 0.3 is 0 Å². The summed E-state index contributed by atoms with van der Waals surface area (Å²) >= 11 is 1.17. The predicted octanol–water partition coefficient (Wildman–Crippen LogP) is 1.65. The summed E-state index contributed by atoms with van der Waals surface area (Å²) < 4.78 is 29.0. The van der Waals surface area contributed by atoms with Crippen molar-refractivity contribution in [3.63, 3.8) is 0 Å². The van der Waals surface area contributed by atoms with Crippen LogP contribution in [0.1, 0.15) is 20.3 Å². The van der Waals surface area contributed by atoms with Crippen LogP contribution in [0, 0.1) is 0 Å². The summed E-state index contributed by atoms with van der Waals surface area (Å²) in [6.45, 7) is 4.08. The van der Waals surface area contributed by atoms with Crippen molar-refractivity contribution in [1.29, 1.82) is 0 Å². The van der Waals surface area contributed by atoms with Crippen LogP contribution < -0.4 is 0 Å². The summed E-state index contributed by atoms with van der Waals surface area (Å²) in [5.41, 5.74) is 0.706. The van der Waals surface area contributed by atoms with Crippen molar-refractivity contribution in [1.82, 2.24) is 20.1 Å². The van der Waals surface area contributed by atoms with Gasteiger partial charge in [0.05, 0.1) is 22.3 Å². The molecule has 3 heterocycles. The topological polar surface area (TPSA) is 106 Å². The molecule has 0 radical (unpaired) electrons. The fourth-order valence-electron chi connectivity index (χ4n) is 2.91. The molecule has 1 saturated heterocycles. The third kappa shape index (κ3) is 4.24. The minimum absolute atomic E-state index is 0.0374. The Balaban J connectivity index is 1.66. The maximum absolute atomic E-state index is 12.8. The lowest BCUT2D eigenvalue weighted by molar-refractivity contribution is -0.131. The van der Waals surface area contributed by atoms with Crippen LogP contribution in [0.15, 0.2) is 34.2 Å². The SMILES string of the molecule is CCN(C(=O)[C@H](C)Sc1nnc(-c2cccnc2)o1)[C@H]1CCS(=O)(=O)C1. The summed E-state index contributed by atoms with van der Waals surface area (Å²) in [4.78, 5) is 18.4. The van der Waals surface area contributed by atoms with Crippen LogP contribution in [0.25, 0.3) is 11.5 Å². The number of carbonyl (C=O) groups excluding carboxylic acids is 1. The van der Waals surface area contributed by atoms with E-state index < -0.39 is 15.1 Å². The zero-order chi connectivity index (χ0) is 18.7. The molecule has 0 N–H and O–H groups in total. The van der Waals surface area contributed by atoms with Crippen LogP contribution >= 0.6 is 11.8 Å². The van der Waals surface area contributed by atoms with Crippen molar-refractivity contribution < 1.29 is 17.6 Å². The van der Waals surface area contributed by atoms with Gasteiger partial charge in [0.2, 0.25) is 11.8 Å². The molecule has 10 heteroatoms. The van der Waals surface area contributed by atoms with Gasteiger partial charge in [-0.15, -0.1) is 10.2 Å². The average molecular weight is 396 g/mol. The number of pyridine rings is 1. The molecule has 0 spiro atoms. The van der Waals surface area contributed by atoms with Gasteiger partial charge in [0.15, 0.2) is 9.84 Å². The van der Waals surface area contributed by atoms with E-state index in [2.05, 4.69) is 15.2 Å². The van der Waals surface area contributed by atoms with E-state index in [-0.39, 0.29) is 23.5 Å². The lowest BCUT2D eigenvalue weighted by atomic mass is 10.2. The highest BCUT2D eigenvalue weighted by atomic mass is 32.2. The van der Waals surface area contributed by atoms with E-state index >= 15 is 0 Å². The van der Waals surface area contributed by atoms with Crippen LogP contribution in [0.4, 0.5) is 0 Å². The van der Waals surface area contributed by atoms with Crippen molar-refractivity contribution in [2.45, 2.75) is 36.8 Å². The van der Waals surface area contributed by atoms with Gasteiger partial charge < -0.3 is 9.32 Å². The maximum Gasteiger partial charge on any atom is 0.277 e. The van der Waals surface area contributed by atoms with E-state index in [1.165, 1.54) is 11.8 Å². The number of carbonyl (C=O) groups is 1. The number of rotatable bonds is 6. The van der Waals surface area contributed by atoms with Crippen LogP contribution in [0.3, 0.4) is 0 Å². The Kier molecular flexibility index (Phi) is 5.61. The molecule has 8 nitrogen and oxygen atoms in total. The number of hydrogen-bond acceptors (Lipinski definition) is 8. The highest BCUT2D eigenvalue weighted by Crippen LogP contribution is 2.28. The molecule has 0 unspecified atom stereocenters. The Hall–Kier alpha value is -1.94. The number of hydrogen-bond donors (Lipinski definition) is 0. The molecule has 26 heavy (non-hydrogen) atoms. The van der Waals surface area contributed by atoms with Crippen molar-refractivity contribution >= 4 is 27.5 Å². The third-order valence-corrected chi connectivity index (χ3v) is 6.89. The molecule has 1 aliphatic rings. The fourth-order valence-corrected chi connectivity index (χ4v) is 5.40. The number of nitrogens with zero attached hydrogens (tertiary/aromatic N) is 4. The van der Waals surface area contributed by atoms with Crippen molar-refractivity contribution in [2.24, 2.45) is 0 Å². The van der Waals surface area contributed by atoms with Crippen molar-refractivity contribution in [2.75, 3.05) is 18.1 Å². The van der Waals surface area contributed by atoms with Crippen LogP contribution in [0.5, 0.6) is 0 Å². The number of thioether (sulfide) groups is 1. The molecule has 0 aromatic carbocycles. The average Bonchev–Trinajstić information content (AvgIpc) is 3.22. The zero-order valence-electron chi connectivity index (χ0n) is 14.5. The quantitative estimate of drug-likeness (QED) is 0.679. The second-order valence-corrected chi connectivity index (χ2v) is 9.58. The second-order valence-electron chi connectivity index (χ2n) is 6.06. The van der Waals surface area contributed by atoms with Crippen LogP contribution in [-0.2, 0) is 14.6 Å². The van der Waals surface area contributed by atoms with Gasteiger partial charge in [0, 0.05) is 25.0 Å². The molecule has 0 saturated carbocycles. The Morgan fingerprint density at radius 2 is 2.27 bits per heavy atom. The molecule has 3 rings (SSSR count). The summed E-state index contributed by atoms with van der Waals surface area (Å²) in [6.07, 6.45) is 3.76. The minimum atomic E-state index is -3.04. The first-order valence-corrected chi connectivity index (χ1v) is 11.0. The maximum atomic E-state index is 12.8. The summed E-state index contributed by atoms with van der Waals surface area (Å²) in [6, 6.07) is 3.32. The molecule has 0 aliphatic carbocycles. The van der Waals surface area contributed by atoms with E-state index in [0.717, 1.165) is 0 Å². The smallest absolute Gasteiger partial charge is 0.277 e. The summed E-state index contributed by atoms with van der Waals surface area (Å²) in [5, 5.41) is 7.78. The monoisotopic (exact) mass is 396 g/mol. The van der Waals surface area contributed by atoms with Gasteiger partial charge in [0.1, 0.15) is 0 Å². The normalized spacial score (nSPS) is 20.0. The van der Waals surface area contributed by atoms with E-state index in [1.54, 1.807) is 30.3 Å². The zero-order valence-corrected chi connectivity index (χ0v) is 16.2. The molecular formula is C16H20N4O4S2. The van der Waals surface area contributed by atoms with Gasteiger partial charge in [-0.2, -0.15) is 0 Å².